The van der Waals surface area contributed by atoms with Gasteiger partial charge in [-0.3, -0.25) is 4.79 Å². The molecule has 1 aliphatic heterocycles. The highest BCUT2D eigenvalue weighted by molar-refractivity contribution is 5.94. The Morgan fingerprint density at radius 1 is 1.05 bits per heavy atom. The van der Waals surface area contributed by atoms with E-state index in [4.69, 9.17) is 14.6 Å². The lowest BCUT2D eigenvalue weighted by Gasteiger charge is -2.26. The van der Waals surface area contributed by atoms with Crippen molar-refractivity contribution >= 4 is 5.91 Å². The van der Waals surface area contributed by atoms with Crippen LogP contribution >= 0.6 is 0 Å². The van der Waals surface area contributed by atoms with E-state index in [-0.39, 0.29) is 24.0 Å². The van der Waals surface area contributed by atoms with Gasteiger partial charge in [-0.15, -0.1) is 0 Å². The van der Waals surface area contributed by atoms with Crippen LogP contribution in [0.2, 0.25) is 0 Å². The standard InChI is InChI=1S/C29H27F2N3O3/c1-33-29(37-22-15-13-21(30)14-16-22)25(27(32-33)20-8-3-2-4-9-20)19-34(18-23-10-7-17-36-23)28(35)24-11-5-6-12-26(24)31/h2-6,8-9,11-16,23H,7,10,17-19H2,1H3/t23-/m1/s1. The third kappa shape index (κ3) is 5.54. The van der Waals surface area contributed by atoms with Crippen LogP contribution in [0, 0.1) is 11.6 Å². The van der Waals surface area contributed by atoms with Crippen molar-refractivity contribution in [1.82, 2.24) is 14.7 Å². The van der Waals surface area contributed by atoms with E-state index < -0.39 is 11.7 Å². The first-order valence-corrected chi connectivity index (χ1v) is 12.2. The van der Waals surface area contributed by atoms with E-state index in [0.29, 0.717) is 36.0 Å². The normalized spacial score (nSPS) is 15.1. The van der Waals surface area contributed by atoms with Gasteiger partial charge in [-0.25, -0.2) is 13.5 Å². The van der Waals surface area contributed by atoms with Crippen LogP contribution in [-0.4, -0.2) is 39.8 Å². The lowest BCUT2D eigenvalue weighted by Crippen LogP contribution is -2.37. The summed E-state index contributed by atoms with van der Waals surface area (Å²) in [5, 5.41) is 4.70. The maximum Gasteiger partial charge on any atom is 0.257 e. The lowest BCUT2D eigenvalue weighted by molar-refractivity contribution is 0.0502. The van der Waals surface area contributed by atoms with Crippen LogP contribution in [0.15, 0.2) is 78.9 Å². The predicted octanol–water partition coefficient (Wildman–Crippen LogP) is 5.98. The molecule has 0 bridgehead atoms. The molecule has 190 valence electrons. The predicted molar refractivity (Wildman–Crippen MR) is 135 cm³/mol. The lowest BCUT2D eigenvalue weighted by atomic mass is 10.1. The van der Waals surface area contributed by atoms with Crippen LogP contribution in [0.1, 0.15) is 28.8 Å². The SMILES string of the molecule is Cn1nc(-c2ccccc2)c(CN(C[C@H]2CCCO2)C(=O)c2ccccc2F)c1Oc1ccc(F)cc1. The minimum absolute atomic E-state index is 0.00773. The zero-order chi connectivity index (χ0) is 25.8. The van der Waals surface area contributed by atoms with Crippen molar-refractivity contribution in [1.29, 1.82) is 0 Å². The molecule has 1 atom stereocenters. The first kappa shape index (κ1) is 24.6. The van der Waals surface area contributed by atoms with Crippen LogP contribution in [0.3, 0.4) is 0 Å². The summed E-state index contributed by atoms with van der Waals surface area (Å²) in [5.74, 6) is -0.562. The number of hydrogen-bond donors (Lipinski definition) is 0. The Morgan fingerprint density at radius 2 is 1.78 bits per heavy atom. The zero-order valence-electron chi connectivity index (χ0n) is 20.4. The Bertz CT molecular complexity index is 1370. The van der Waals surface area contributed by atoms with Gasteiger partial charge in [-0.2, -0.15) is 5.10 Å². The fraction of sp³-hybridized carbons (Fsp3) is 0.241. The summed E-state index contributed by atoms with van der Waals surface area (Å²) < 4.78 is 41.7. The Hall–Kier alpha value is -4.04. The highest BCUT2D eigenvalue weighted by Crippen LogP contribution is 2.35. The number of halogens is 2. The molecule has 0 spiro atoms. The molecule has 1 amide bonds. The highest BCUT2D eigenvalue weighted by atomic mass is 19.1. The van der Waals surface area contributed by atoms with Crippen LogP contribution in [0.5, 0.6) is 11.6 Å². The number of hydrogen-bond acceptors (Lipinski definition) is 4. The summed E-state index contributed by atoms with van der Waals surface area (Å²) in [6, 6.07) is 21.2. The van der Waals surface area contributed by atoms with Crippen molar-refractivity contribution in [3.8, 4) is 22.9 Å². The number of amides is 1. The Balaban J connectivity index is 1.57. The fourth-order valence-electron chi connectivity index (χ4n) is 4.51. The number of nitrogens with zero attached hydrogens (tertiary/aromatic N) is 3. The Kier molecular flexibility index (Phi) is 7.28. The van der Waals surface area contributed by atoms with Crippen molar-refractivity contribution in [3.63, 3.8) is 0 Å². The minimum atomic E-state index is -0.581. The molecule has 6 nitrogen and oxygen atoms in total. The van der Waals surface area contributed by atoms with Gasteiger partial charge in [-0.1, -0.05) is 42.5 Å². The van der Waals surface area contributed by atoms with Gasteiger partial charge in [0.2, 0.25) is 5.88 Å². The molecule has 0 aliphatic carbocycles. The van der Waals surface area contributed by atoms with Crippen molar-refractivity contribution in [3.05, 3.63) is 102 Å². The largest absolute Gasteiger partial charge is 0.439 e. The van der Waals surface area contributed by atoms with Crippen molar-refractivity contribution in [2.24, 2.45) is 7.05 Å². The summed E-state index contributed by atoms with van der Waals surface area (Å²) in [5.41, 5.74) is 2.13. The number of carbonyl (C=O) groups is 1. The Labute approximate surface area is 214 Å². The summed E-state index contributed by atoms with van der Waals surface area (Å²) in [4.78, 5) is 15.2. The van der Waals surface area contributed by atoms with Crippen molar-refractivity contribution in [2.45, 2.75) is 25.5 Å². The fourth-order valence-corrected chi connectivity index (χ4v) is 4.51. The molecule has 1 fully saturated rings. The molecule has 0 saturated carbocycles. The second-order valence-electron chi connectivity index (χ2n) is 8.98. The van der Waals surface area contributed by atoms with E-state index in [0.717, 1.165) is 18.4 Å². The van der Waals surface area contributed by atoms with Gasteiger partial charge < -0.3 is 14.4 Å². The molecule has 2 heterocycles. The number of ether oxygens (including phenoxy) is 2. The van der Waals surface area contributed by atoms with Gasteiger partial charge in [0.25, 0.3) is 5.91 Å². The summed E-state index contributed by atoms with van der Waals surface area (Å²) in [7, 11) is 1.75. The number of aryl methyl sites for hydroxylation is 1. The van der Waals surface area contributed by atoms with Gasteiger partial charge >= 0.3 is 0 Å². The first-order valence-electron chi connectivity index (χ1n) is 12.2. The zero-order valence-corrected chi connectivity index (χ0v) is 20.4. The topological polar surface area (TPSA) is 56.6 Å². The van der Waals surface area contributed by atoms with E-state index >= 15 is 0 Å². The number of aromatic nitrogens is 2. The summed E-state index contributed by atoms with van der Waals surface area (Å²) >= 11 is 0. The Morgan fingerprint density at radius 3 is 2.49 bits per heavy atom. The molecule has 1 aliphatic rings. The van der Waals surface area contributed by atoms with Crippen LogP contribution in [0.25, 0.3) is 11.3 Å². The van der Waals surface area contributed by atoms with E-state index in [2.05, 4.69) is 0 Å². The molecule has 0 unspecified atom stereocenters. The average molecular weight is 504 g/mol. The number of rotatable bonds is 8. The number of benzene rings is 3. The summed E-state index contributed by atoms with van der Waals surface area (Å²) in [6.07, 6.45) is 1.58. The maximum absolute atomic E-state index is 14.6. The average Bonchev–Trinajstić information content (AvgIpc) is 3.53. The molecule has 37 heavy (non-hydrogen) atoms. The van der Waals surface area contributed by atoms with E-state index in [1.165, 1.54) is 36.4 Å². The van der Waals surface area contributed by atoms with Crippen molar-refractivity contribution < 1.29 is 23.0 Å². The molecule has 3 aromatic carbocycles. The van der Waals surface area contributed by atoms with E-state index in [1.807, 2.05) is 30.3 Å². The molecule has 8 heteroatoms. The third-order valence-corrected chi connectivity index (χ3v) is 6.35. The smallest absolute Gasteiger partial charge is 0.257 e. The second kappa shape index (κ2) is 10.9. The van der Waals surface area contributed by atoms with Crippen molar-refractivity contribution in [2.75, 3.05) is 13.2 Å². The van der Waals surface area contributed by atoms with Crippen LogP contribution in [-0.2, 0) is 18.3 Å². The van der Waals surface area contributed by atoms with E-state index in [1.54, 1.807) is 28.8 Å². The molecule has 4 aromatic rings. The van der Waals surface area contributed by atoms with Crippen LogP contribution < -0.4 is 4.74 Å². The van der Waals surface area contributed by atoms with Gasteiger partial charge in [0.05, 0.1) is 23.8 Å². The monoisotopic (exact) mass is 503 g/mol. The van der Waals surface area contributed by atoms with E-state index in [9.17, 15) is 13.6 Å². The van der Waals surface area contributed by atoms with Crippen LogP contribution in [0.4, 0.5) is 8.78 Å². The van der Waals surface area contributed by atoms with Gasteiger partial charge in [0, 0.05) is 25.8 Å². The summed E-state index contributed by atoms with van der Waals surface area (Å²) in [6.45, 7) is 1.04. The van der Waals surface area contributed by atoms with Gasteiger partial charge in [-0.05, 0) is 49.2 Å². The first-order chi connectivity index (χ1) is 18.0. The van der Waals surface area contributed by atoms with Gasteiger partial charge in [0.1, 0.15) is 23.1 Å². The molecule has 1 saturated heterocycles. The second-order valence-corrected chi connectivity index (χ2v) is 8.98. The van der Waals surface area contributed by atoms with Gasteiger partial charge in [0.15, 0.2) is 0 Å². The molecule has 5 rings (SSSR count). The molecule has 1 aromatic heterocycles. The minimum Gasteiger partial charge on any atom is -0.439 e. The maximum atomic E-state index is 14.6. The number of carbonyl (C=O) groups excluding carboxylic acids is 1. The molecular formula is C29H27F2N3O3. The third-order valence-electron chi connectivity index (χ3n) is 6.35. The molecule has 0 N–H and O–H groups in total. The molecule has 0 radical (unpaired) electrons. The quantitative estimate of drug-likeness (QED) is 0.297. The highest BCUT2D eigenvalue weighted by Gasteiger charge is 2.29. The molecular weight excluding hydrogens is 476 g/mol.